The van der Waals surface area contributed by atoms with Gasteiger partial charge in [0.05, 0.1) is 16.0 Å². The van der Waals surface area contributed by atoms with E-state index in [1.54, 1.807) is 12.1 Å². The molecule has 0 aliphatic carbocycles. The second-order valence-corrected chi connectivity index (χ2v) is 11.7. The van der Waals surface area contributed by atoms with Crippen LogP contribution in [0.1, 0.15) is 23.7 Å². The molecule has 4 aromatic carbocycles. The second kappa shape index (κ2) is 12.2. The number of amides is 2. The van der Waals surface area contributed by atoms with Crippen molar-refractivity contribution in [2.24, 2.45) is 0 Å². The van der Waals surface area contributed by atoms with E-state index in [9.17, 15) is 9.59 Å². The number of fused-ring (bicyclic) bond motifs is 1. The number of carbonyl (C=O) groups is 2. The van der Waals surface area contributed by atoms with E-state index in [-0.39, 0.29) is 17.1 Å². The number of benzene rings is 4. The van der Waals surface area contributed by atoms with Crippen LogP contribution in [0.3, 0.4) is 0 Å². The molecule has 0 fully saturated rings. The number of nitrogens with zero attached hydrogens (tertiary/aromatic N) is 1. The van der Waals surface area contributed by atoms with Crippen LogP contribution in [0.25, 0.3) is 22.0 Å². The third-order valence-corrected chi connectivity index (χ3v) is 8.65. The fourth-order valence-corrected chi connectivity index (χ4v) is 6.24. The van der Waals surface area contributed by atoms with E-state index in [0.29, 0.717) is 38.5 Å². The summed E-state index contributed by atoms with van der Waals surface area (Å²) in [5.41, 5.74) is 2.67. The van der Waals surface area contributed by atoms with Gasteiger partial charge in [-0.1, -0.05) is 66.5 Å². The van der Waals surface area contributed by atoms with Crippen molar-refractivity contribution in [1.29, 1.82) is 0 Å². The summed E-state index contributed by atoms with van der Waals surface area (Å²) in [5.74, 6) is -0.329. The van der Waals surface area contributed by atoms with Crippen LogP contribution in [0.5, 0.6) is 0 Å². The molecule has 2 amide bonds. The number of thiazole rings is 1. The van der Waals surface area contributed by atoms with Gasteiger partial charge >= 0.3 is 0 Å². The second-order valence-electron chi connectivity index (χ2n) is 8.71. The van der Waals surface area contributed by atoms with Gasteiger partial charge < -0.3 is 10.6 Å². The Labute approximate surface area is 244 Å². The molecule has 39 heavy (non-hydrogen) atoms. The minimum absolute atomic E-state index is 0.142. The lowest BCUT2D eigenvalue weighted by Crippen LogP contribution is -2.24. The summed E-state index contributed by atoms with van der Waals surface area (Å²) < 4.78 is 0. The summed E-state index contributed by atoms with van der Waals surface area (Å²) in [6.45, 7) is 1.96. The van der Waals surface area contributed by atoms with Crippen molar-refractivity contribution in [3.05, 3.63) is 106 Å². The first-order chi connectivity index (χ1) is 18.9. The van der Waals surface area contributed by atoms with Crippen molar-refractivity contribution >= 4 is 79.7 Å². The maximum absolute atomic E-state index is 13.1. The summed E-state index contributed by atoms with van der Waals surface area (Å²) in [4.78, 5) is 31.4. The number of aromatic nitrogens is 1. The van der Waals surface area contributed by atoms with Crippen LogP contribution in [0, 0.1) is 0 Å². The Balaban J connectivity index is 1.24. The van der Waals surface area contributed by atoms with Gasteiger partial charge in [-0.05, 0) is 65.7 Å². The predicted octanol–water partition coefficient (Wildman–Crippen LogP) is 9.03. The largest absolute Gasteiger partial charge is 0.322 e. The number of hydrogen-bond donors (Lipinski definition) is 2. The Morgan fingerprint density at radius 2 is 1.74 bits per heavy atom. The molecule has 1 unspecified atom stereocenters. The van der Waals surface area contributed by atoms with Gasteiger partial charge in [0.15, 0.2) is 5.13 Å². The molecular formula is C30H23Cl2N3O2S2. The molecular weight excluding hydrogens is 569 g/mol. The summed E-state index contributed by atoms with van der Waals surface area (Å²) in [7, 11) is 0. The zero-order chi connectivity index (χ0) is 27.4. The Hall–Kier alpha value is -3.36. The molecule has 5 rings (SSSR count). The van der Waals surface area contributed by atoms with E-state index in [1.165, 1.54) is 23.1 Å². The summed E-state index contributed by atoms with van der Waals surface area (Å²) in [5, 5.41) is 11.0. The maximum atomic E-state index is 13.1. The Kier molecular flexibility index (Phi) is 8.53. The van der Waals surface area contributed by atoms with E-state index >= 15 is 0 Å². The number of rotatable bonds is 8. The van der Waals surface area contributed by atoms with Gasteiger partial charge in [-0.2, -0.15) is 0 Å². The fraction of sp³-hybridized carbons (Fsp3) is 0.100. The van der Waals surface area contributed by atoms with E-state index < -0.39 is 0 Å². The first-order valence-electron chi connectivity index (χ1n) is 12.2. The summed E-state index contributed by atoms with van der Waals surface area (Å²) in [6.07, 6.45) is 0.616. The maximum Gasteiger partial charge on any atom is 0.255 e. The molecule has 1 aromatic heterocycles. The lowest BCUT2D eigenvalue weighted by Gasteiger charge is -2.14. The average molecular weight is 593 g/mol. The van der Waals surface area contributed by atoms with Gasteiger partial charge in [0, 0.05) is 32.1 Å². The van der Waals surface area contributed by atoms with E-state index in [4.69, 9.17) is 23.2 Å². The minimum atomic E-state index is -0.345. The SMILES string of the molecule is CCC(Sc1cccc(NC(=O)c2ccc3ccccc3c2)c1)C(=O)Nc1nc(-c2ccc(Cl)cc2Cl)cs1. The van der Waals surface area contributed by atoms with Gasteiger partial charge in [-0.3, -0.25) is 9.59 Å². The van der Waals surface area contributed by atoms with E-state index in [2.05, 4.69) is 15.6 Å². The molecule has 1 atom stereocenters. The zero-order valence-electron chi connectivity index (χ0n) is 20.8. The van der Waals surface area contributed by atoms with Gasteiger partial charge in [-0.15, -0.1) is 23.1 Å². The molecule has 2 N–H and O–H groups in total. The first-order valence-corrected chi connectivity index (χ1v) is 14.7. The van der Waals surface area contributed by atoms with Crippen LogP contribution >= 0.6 is 46.3 Å². The highest BCUT2D eigenvalue weighted by Gasteiger charge is 2.20. The third-order valence-electron chi connectivity index (χ3n) is 5.99. The molecule has 5 nitrogen and oxygen atoms in total. The minimum Gasteiger partial charge on any atom is -0.322 e. The number of thioether (sulfide) groups is 1. The molecule has 0 bridgehead atoms. The molecule has 9 heteroatoms. The van der Waals surface area contributed by atoms with Crippen molar-refractivity contribution < 1.29 is 9.59 Å². The highest BCUT2D eigenvalue weighted by molar-refractivity contribution is 8.00. The standard InChI is InChI=1S/C30H23Cl2N3O2S2/c1-2-27(29(37)35-30-34-26(17-38-30)24-13-12-21(31)15-25(24)32)39-23-9-5-8-22(16-23)33-28(36)20-11-10-18-6-3-4-7-19(18)14-20/h3-17,27H,2H2,1H3,(H,33,36)(H,34,35,37). The number of carbonyl (C=O) groups excluding carboxylic acids is 2. The molecule has 0 saturated heterocycles. The predicted molar refractivity (Wildman–Crippen MR) is 164 cm³/mol. The van der Waals surface area contributed by atoms with Crippen molar-refractivity contribution in [2.45, 2.75) is 23.5 Å². The third kappa shape index (κ3) is 6.62. The smallest absolute Gasteiger partial charge is 0.255 e. The Morgan fingerprint density at radius 3 is 2.54 bits per heavy atom. The van der Waals surface area contributed by atoms with Crippen LogP contribution in [-0.4, -0.2) is 22.0 Å². The molecule has 0 saturated carbocycles. The monoisotopic (exact) mass is 591 g/mol. The average Bonchev–Trinajstić information content (AvgIpc) is 3.39. The normalized spacial score (nSPS) is 11.8. The zero-order valence-corrected chi connectivity index (χ0v) is 23.9. The van der Waals surface area contributed by atoms with Crippen LogP contribution in [0.2, 0.25) is 10.0 Å². The molecule has 5 aromatic rings. The van der Waals surface area contributed by atoms with Gasteiger partial charge in [0.25, 0.3) is 5.91 Å². The van der Waals surface area contributed by atoms with Crippen LogP contribution in [-0.2, 0) is 4.79 Å². The molecule has 1 heterocycles. The van der Waals surface area contributed by atoms with E-state index in [1.807, 2.05) is 85.1 Å². The van der Waals surface area contributed by atoms with Crippen molar-refractivity contribution in [3.63, 3.8) is 0 Å². The highest BCUT2D eigenvalue weighted by atomic mass is 35.5. The number of anilines is 2. The molecule has 196 valence electrons. The lowest BCUT2D eigenvalue weighted by atomic mass is 10.1. The number of halogens is 2. The van der Waals surface area contributed by atoms with Crippen LogP contribution < -0.4 is 10.6 Å². The highest BCUT2D eigenvalue weighted by Crippen LogP contribution is 2.33. The van der Waals surface area contributed by atoms with E-state index in [0.717, 1.165) is 21.2 Å². The number of nitrogens with one attached hydrogen (secondary N) is 2. The van der Waals surface area contributed by atoms with Gasteiger partial charge in [0.1, 0.15) is 0 Å². The first kappa shape index (κ1) is 27.2. The van der Waals surface area contributed by atoms with Crippen LogP contribution in [0.15, 0.2) is 95.2 Å². The van der Waals surface area contributed by atoms with Gasteiger partial charge in [0.2, 0.25) is 5.91 Å². The van der Waals surface area contributed by atoms with Crippen molar-refractivity contribution in [1.82, 2.24) is 4.98 Å². The van der Waals surface area contributed by atoms with Crippen molar-refractivity contribution in [3.8, 4) is 11.3 Å². The number of hydrogen-bond acceptors (Lipinski definition) is 5. The molecule has 0 aliphatic rings. The van der Waals surface area contributed by atoms with Crippen LogP contribution in [0.4, 0.5) is 10.8 Å². The van der Waals surface area contributed by atoms with Crippen molar-refractivity contribution in [2.75, 3.05) is 10.6 Å². The Bertz CT molecular complexity index is 1670. The molecule has 0 spiro atoms. The summed E-state index contributed by atoms with van der Waals surface area (Å²) in [6, 6.07) is 26.3. The topological polar surface area (TPSA) is 71.1 Å². The fourth-order valence-electron chi connectivity index (χ4n) is 4.01. The Morgan fingerprint density at radius 1 is 0.923 bits per heavy atom. The summed E-state index contributed by atoms with van der Waals surface area (Å²) >= 11 is 15.1. The lowest BCUT2D eigenvalue weighted by molar-refractivity contribution is -0.115. The molecule has 0 aliphatic heterocycles. The van der Waals surface area contributed by atoms with Gasteiger partial charge in [-0.25, -0.2) is 4.98 Å². The molecule has 0 radical (unpaired) electrons. The quantitative estimate of drug-likeness (QED) is 0.176.